The van der Waals surface area contributed by atoms with E-state index in [9.17, 15) is 35.5 Å². The van der Waals surface area contributed by atoms with Crippen molar-refractivity contribution in [2.75, 3.05) is 16.3 Å². The smallest absolute Gasteiger partial charge is 0.286 e. The standard InChI is InChI=1S/C26H26F2N4O6S2/c1-39(35,36)30-16-7-9-19-20(11-16)40(37,38)31-25(29-19)22-24(33)21-14-3-5-15(6-4-14)23(21)32(26(22)34)12-13-2-8-17(27)18(28)10-13/h2,7-11,14-15,21,23,30,33H,3-6,12H2,1H3,(H,29,31)/t14?,15?,21-,23+/m1/s1. The highest BCUT2D eigenvalue weighted by atomic mass is 32.2. The fourth-order valence-corrected chi connectivity index (χ4v) is 8.29. The second-order valence-electron chi connectivity index (χ2n) is 10.8. The molecule has 0 saturated heterocycles. The Bertz CT molecular complexity index is 1720. The number of nitrogens with one attached hydrogen (secondary N) is 2. The van der Waals surface area contributed by atoms with Crippen LogP contribution in [0.3, 0.4) is 0 Å². The first-order valence-electron chi connectivity index (χ1n) is 12.7. The van der Waals surface area contributed by atoms with Crippen LogP contribution < -0.4 is 10.0 Å². The van der Waals surface area contributed by atoms with Gasteiger partial charge in [-0.25, -0.2) is 17.2 Å². The van der Waals surface area contributed by atoms with Crippen LogP contribution in [0.5, 0.6) is 0 Å². The maximum atomic E-state index is 14.0. The third-order valence-electron chi connectivity index (χ3n) is 8.18. The zero-order chi connectivity index (χ0) is 28.6. The second-order valence-corrected chi connectivity index (χ2v) is 14.1. The number of amidine groups is 1. The van der Waals surface area contributed by atoms with E-state index in [1.807, 2.05) is 0 Å². The van der Waals surface area contributed by atoms with Crippen LogP contribution in [0.1, 0.15) is 31.2 Å². The molecule has 2 aromatic carbocycles. The number of aliphatic hydroxyl groups is 1. The van der Waals surface area contributed by atoms with Gasteiger partial charge in [-0.1, -0.05) is 6.07 Å². The number of sulfonamides is 2. The number of anilines is 2. The van der Waals surface area contributed by atoms with Gasteiger partial charge in [0.2, 0.25) is 10.0 Å². The lowest BCUT2D eigenvalue weighted by molar-refractivity contribution is -0.140. The molecule has 2 heterocycles. The van der Waals surface area contributed by atoms with Crippen LogP contribution in [0.15, 0.2) is 57.0 Å². The number of fused-ring (bicyclic) bond motifs is 3. The molecule has 0 unspecified atom stereocenters. The van der Waals surface area contributed by atoms with Gasteiger partial charge >= 0.3 is 0 Å². The van der Waals surface area contributed by atoms with E-state index >= 15 is 0 Å². The maximum absolute atomic E-state index is 14.0. The van der Waals surface area contributed by atoms with Crippen molar-refractivity contribution in [1.82, 2.24) is 4.90 Å². The van der Waals surface area contributed by atoms with Gasteiger partial charge in [0, 0.05) is 24.2 Å². The molecule has 3 fully saturated rings. The lowest BCUT2D eigenvalue weighted by Gasteiger charge is -2.54. The summed E-state index contributed by atoms with van der Waals surface area (Å²) >= 11 is 0. The molecular formula is C26H26F2N4O6S2. The lowest BCUT2D eigenvalue weighted by Crippen LogP contribution is -2.60. The number of carbonyl (C=O) groups is 1. The Morgan fingerprint density at radius 2 is 1.77 bits per heavy atom. The molecule has 5 aliphatic rings. The normalized spacial score (nSPS) is 27.0. The minimum atomic E-state index is -4.41. The van der Waals surface area contributed by atoms with Crippen LogP contribution in [0.25, 0.3) is 0 Å². The molecule has 2 aromatic rings. The average Bonchev–Trinajstić information content (AvgIpc) is 2.88. The van der Waals surface area contributed by atoms with Gasteiger partial charge in [-0.15, -0.1) is 4.40 Å². The van der Waals surface area contributed by atoms with Gasteiger partial charge < -0.3 is 15.3 Å². The van der Waals surface area contributed by atoms with E-state index in [2.05, 4.69) is 14.4 Å². The molecule has 2 bridgehead atoms. The number of nitrogens with zero attached hydrogens (tertiary/aromatic N) is 2. The number of hydrogen-bond donors (Lipinski definition) is 3. The van der Waals surface area contributed by atoms with Crippen molar-refractivity contribution in [3.8, 4) is 0 Å². The zero-order valence-corrected chi connectivity index (χ0v) is 22.9. The van der Waals surface area contributed by atoms with Crippen LogP contribution >= 0.6 is 0 Å². The summed E-state index contributed by atoms with van der Waals surface area (Å²) in [5, 5.41) is 14.3. The van der Waals surface area contributed by atoms with Gasteiger partial charge in [0.25, 0.3) is 15.9 Å². The molecule has 7 rings (SSSR count). The molecule has 2 aliphatic heterocycles. The minimum absolute atomic E-state index is 0.0138. The molecular weight excluding hydrogens is 566 g/mol. The number of carbonyl (C=O) groups excluding carboxylic acids is 1. The molecule has 14 heteroatoms. The number of halogens is 2. The van der Waals surface area contributed by atoms with Crippen molar-refractivity contribution in [2.45, 2.75) is 43.2 Å². The van der Waals surface area contributed by atoms with Gasteiger partial charge in [0.15, 0.2) is 17.5 Å². The Hall–Kier alpha value is -3.52. The number of benzene rings is 2. The summed E-state index contributed by atoms with van der Waals surface area (Å²) in [7, 11) is -8.08. The number of rotatable bonds is 5. The van der Waals surface area contributed by atoms with Gasteiger partial charge in [-0.05, 0) is 73.4 Å². The van der Waals surface area contributed by atoms with E-state index in [-0.39, 0.29) is 57.9 Å². The van der Waals surface area contributed by atoms with Crippen molar-refractivity contribution >= 4 is 43.2 Å². The Labute approximate surface area is 229 Å². The number of hydrogen-bond acceptors (Lipinski definition) is 7. The first-order valence-corrected chi connectivity index (χ1v) is 16.1. The molecule has 0 aromatic heterocycles. The van der Waals surface area contributed by atoms with Gasteiger partial charge in [0.1, 0.15) is 16.2 Å². The predicted octanol–water partition coefficient (Wildman–Crippen LogP) is 3.51. The van der Waals surface area contributed by atoms with E-state index in [1.54, 1.807) is 0 Å². The number of amides is 1. The maximum Gasteiger partial charge on any atom is 0.286 e. The highest BCUT2D eigenvalue weighted by Gasteiger charge is 2.54. The second kappa shape index (κ2) is 9.26. The monoisotopic (exact) mass is 592 g/mol. The van der Waals surface area contributed by atoms with Gasteiger partial charge in [-0.3, -0.25) is 9.52 Å². The van der Waals surface area contributed by atoms with Crippen molar-refractivity contribution in [3.05, 3.63) is 64.9 Å². The lowest BCUT2D eigenvalue weighted by atomic mass is 9.59. The fourth-order valence-electron chi connectivity index (χ4n) is 6.59. The van der Waals surface area contributed by atoms with Crippen molar-refractivity contribution < 1.29 is 35.5 Å². The first kappa shape index (κ1) is 26.7. The van der Waals surface area contributed by atoms with Crippen LogP contribution in [-0.2, 0) is 31.4 Å². The van der Waals surface area contributed by atoms with Crippen molar-refractivity contribution in [2.24, 2.45) is 22.2 Å². The highest BCUT2D eigenvalue weighted by molar-refractivity contribution is 7.92. The summed E-state index contributed by atoms with van der Waals surface area (Å²) in [5.74, 6) is -3.62. The average molecular weight is 593 g/mol. The summed E-state index contributed by atoms with van der Waals surface area (Å²) in [6.45, 7) is -0.0612. The Morgan fingerprint density at radius 3 is 2.45 bits per heavy atom. The molecule has 0 radical (unpaired) electrons. The molecule has 2 atom stereocenters. The molecule has 3 saturated carbocycles. The molecule has 0 spiro atoms. The van der Waals surface area contributed by atoms with Crippen molar-refractivity contribution in [3.63, 3.8) is 0 Å². The summed E-state index contributed by atoms with van der Waals surface area (Å²) in [6.07, 6.45) is 4.33. The Kier molecular flexibility index (Phi) is 6.18. The molecule has 40 heavy (non-hydrogen) atoms. The van der Waals surface area contributed by atoms with Crippen LogP contribution in [0, 0.1) is 29.4 Å². The van der Waals surface area contributed by atoms with E-state index in [4.69, 9.17) is 0 Å². The molecule has 1 amide bonds. The summed E-state index contributed by atoms with van der Waals surface area (Å²) < 4.78 is 83.3. The SMILES string of the molecule is CS(=O)(=O)Nc1ccc2c(c1)S(=O)(=O)N=C(C1=C(O)[C@@H]3C4CCC(CC4)[C@@H]3N(Cc3ccc(F)c(F)c3)C1=O)N2. The Morgan fingerprint density at radius 1 is 1.07 bits per heavy atom. The molecule has 3 N–H and O–H groups in total. The molecule has 212 valence electrons. The quantitative estimate of drug-likeness (QED) is 0.482. The molecule has 10 nitrogen and oxygen atoms in total. The van der Waals surface area contributed by atoms with Crippen LogP contribution in [-0.4, -0.2) is 50.9 Å². The third-order valence-corrected chi connectivity index (χ3v) is 10.1. The Balaban J connectivity index is 1.42. The zero-order valence-electron chi connectivity index (χ0n) is 21.3. The van der Waals surface area contributed by atoms with Gasteiger partial charge in [0.05, 0.1) is 11.9 Å². The van der Waals surface area contributed by atoms with E-state index in [0.29, 0.717) is 5.56 Å². The summed E-state index contributed by atoms with van der Waals surface area (Å²) in [6, 6.07) is 6.82. The highest BCUT2D eigenvalue weighted by Crippen LogP contribution is 2.52. The van der Waals surface area contributed by atoms with Crippen LogP contribution in [0.4, 0.5) is 20.2 Å². The largest absolute Gasteiger partial charge is 0.511 e. The summed E-state index contributed by atoms with van der Waals surface area (Å²) in [4.78, 5) is 15.2. The van der Waals surface area contributed by atoms with Gasteiger partial charge in [-0.2, -0.15) is 8.42 Å². The predicted molar refractivity (Wildman–Crippen MR) is 142 cm³/mol. The topological polar surface area (TPSA) is 145 Å². The number of aliphatic hydroxyl groups excluding tert-OH is 1. The first-order chi connectivity index (χ1) is 18.8. The van der Waals surface area contributed by atoms with E-state index in [0.717, 1.165) is 50.1 Å². The summed E-state index contributed by atoms with van der Waals surface area (Å²) in [5.41, 5.74) is 0.135. The fraction of sp³-hybridized carbons (Fsp3) is 0.385. The van der Waals surface area contributed by atoms with E-state index in [1.165, 1.54) is 23.1 Å². The van der Waals surface area contributed by atoms with Crippen molar-refractivity contribution in [1.29, 1.82) is 0 Å². The van der Waals surface area contributed by atoms with E-state index < -0.39 is 43.5 Å². The minimum Gasteiger partial charge on any atom is -0.511 e. The van der Waals surface area contributed by atoms with Crippen LogP contribution in [0.2, 0.25) is 0 Å². The third kappa shape index (κ3) is 4.52. The molecule has 3 aliphatic carbocycles.